The van der Waals surface area contributed by atoms with Gasteiger partial charge in [0.15, 0.2) is 0 Å². The van der Waals surface area contributed by atoms with Crippen LogP contribution in [0.2, 0.25) is 0 Å². The number of carbonyl (C=O) groups is 1. The summed E-state index contributed by atoms with van der Waals surface area (Å²) in [5.41, 5.74) is 0.879. The number of thioether (sulfide) groups is 1. The van der Waals surface area contributed by atoms with Crippen LogP contribution in [0, 0.1) is 5.82 Å². The first-order valence-electron chi connectivity index (χ1n) is 9.79. The average Bonchev–Trinajstić information content (AvgIpc) is 3.16. The van der Waals surface area contributed by atoms with Gasteiger partial charge in [-0.3, -0.25) is 9.69 Å². The van der Waals surface area contributed by atoms with Gasteiger partial charge in [0.25, 0.3) is 0 Å². The summed E-state index contributed by atoms with van der Waals surface area (Å²) in [6.07, 6.45) is 4.27. The summed E-state index contributed by atoms with van der Waals surface area (Å²) in [6.45, 7) is 7.96. The van der Waals surface area contributed by atoms with Gasteiger partial charge in [0.05, 0.1) is 12.4 Å². The normalized spacial score (nSPS) is 11.3. The van der Waals surface area contributed by atoms with E-state index in [0.29, 0.717) is 18.1 Å². The Kier molecular flexibility index (Phi) is 10.8. The molecule has 29 heavy (non-hydrogen) atoms. The first-order valence-corrected chi connectivity index (χ1v) is 11.8. The van der Waals surface area contributed by atoms with E-state index in [-0.39, 0.29) is 11.7 Å². The highest BCUT2D eigenvalue weighted by molar-refractivity contribution is 7.99. The maximum atomic E-state index is 13.1. The molecule has 0 saturated carbocycles. The second kappa shape index (κ2) is 13.4. The highest BCUT2D eigenvalue weighted by Crippen LogP contribution is 2.23. The molecule has 0 radical (unpaired) electrons. The molecule has 1 heterocycles. The van der Waals surface area contributed by atoms with Gasteiger partial charge in [0, 0.05) is 29.0 Å². The zero-order chi connectivity index (χ0) is 20.9. The standard InChI is InChI=1S/C22H29FN2O2S2/c1-3-25(4-2)14-21-13-20(16-29-21)27-11-6-5-10-24-22(26)17-28-15-18-8-7-9-19(23)12-18/h5,7-10,12-13,16H,3-4,6,11,14-15,17H2,1-2H3,(H,24,26)/b10-5-. The van der Waals surface area contributed by atoms with Crippen molar-refractivity contribution in [2.45, 2.75) is 32.6 Å². The summed E-state index contributed by atoms with van der Waals surface area (Å²) in [5.74, 6) is 1.53. The lowest BCUT2D eigenvalue weighted by Crippen LogP contribution is -2.21. The van der Waals surface area contributed by atoms with Crippen molar-refractivity contribution in [1.29, 1.82) is 0 Å². The maximum absolute atomic E-state index is 13.1. The Balaban J connectivity index is 1.56. The van der Waals surface area contributed by atoms with Crippen LogP contribution in [-0.2, 0) is 17.1 Å². The van der Waals surface area contributed by atoms with E-state index in [1.165, 1.54) is 28.8 Å². The number of ether oxygens (including phenoxy) is 1. The number of amides is 1. The van der Waals surface area contributed by atoms with Crippen molar-refractivity contribution in [1.82, 2.24) is 10.2 Å². The minimum atomic E-state index is -0.250. The van der Waals surface area contributed by atoms with Crippen LogP contribution in [0.3, 0.4) is 0 Å². The van der Waals surface area contributed by atoms with E-state index < -0.39 is 0 Å². The Morgan fingerprint density at radius 3 is 2.90 bits per heavy atom. The second-order valence-corrected chi connectivity index (χ2v) is 8.42. The molecule has 158 valence electrons. The molecule has 0 fully saturated rings. The zero-order valence-corrected chi connectivity index (χ0v) is 18.7. The molecule has 1 aromatic heterocycles. The van der Waals surface area contributed by atoms with Crippen LogP contribution in [0.25, 0.3) is 0 Å². The fourth-order valence-corrected chi connectivity index (χ4v) is 4.23. The van der Waals surface area contributed by atoms with Crippen molar-refractivity contribution in [2.75, 3.05) is 25.4 Å². The van der Waals surface area contributed by atoms with Gasteiger partial charge in [-0.05, 0) is 43.1 Å². The average molecular weight is 437 g/mol. The molecule has 0 aliphatic carbocycles. The number of benzene rings is 1. The molecule has 7 heteroatoms. The Hall–Kier alpha value is -1.83. The molecular weight excluding hydrogens is 407 g/mol. The number of nitrogens with zero attached hydrogens (tertiary/aromatic N) is 1. The summed E-state index contributed by atoms with van der Waals surface area (Å²) < 4.78 is 18.9. The lowest BCUT2D eigenvalue weighted by atomic mass is 10.2. The predicted octanol–water partition coefficient (Wildman–Crippen LogP) is 5.06. The third-order valence-corrected chi connectivity index (χ3v) is 6.11. The number of hydrogen-bond donors (Lipinski definition) is 1. The number of carbonyl (C=O) groups excluding carboxylic acids is 1. The van der Waals surface area contributed by atoms with Crippen molar-refractivity contribution in [3.05, 3.63) is 64.2 Å². The minimum absolute atomic E-state index is 0.0672. The minimum Gasteiger partial charge on any atom is -0.492 e. The molecule has 2 aromatic rings. The molecule has 0 spiro atoms. The fourth-order valence-electron chi connectivity index (χ4n) is 2.60. The van der Waals surface area contributed by atoms with E-state index in [1.807, 2.05) is 17.5 Å². The largest absolute Gasteiger partial charge is 0.492 e. The lowest BCUT2D eigenvalue weighted by Gasteiger charge is -2.16. The Morgan fingerprint density at radius 2 is 2.14 bits per heavy atom. The summed E-state index contributed by atoms with van der Waals surface area (Å²) in [7, 11) is 0. The van der Waals surface area contributed by atoms with E-state index in [4.69, 9.17) is 4.74 Å². The van der Waals surface area contributed by atoms with Crippen molar-refractivity contribution in [3.8, 4) is 5.75 Å². The molecule has 0 atom stereocenters. The first-order chi connectivity index (χ1) is 14.1. The Morgan fingerprint density at radius 1 is 1.31 bits per heavy atom. The van der Waals surface area contributed by atoms with Gasteiger partial charge < -0.3 is 10.1 Å². The molecular formula is C22H29FN2O2S2. The molecule has 0 saturated heterocycles. The molecule has 4 nitrogen and oxygen atoms in total. The third-order valence-electron chi connectivity index (χ3n) is 4.21. The van der Waals surface area contributed by atoms with Crippen molar-refractivity contribution in [2.24, 2.45) is 0 Å². The van der Waals surface area contributed by atoms with Crippen LogP contribution in [0.15, 0.2) is 48.0 Å². The summed E-state index contributed by atoms with van der Waals surface area (Å²) in [4.78, 5) is 15.5. The Bertz CT molecular complexity index is 776. The topological polar surface area (TPSA) is 41.6 Å². The zero-order valence-electron chi connectivity index (χ0n) is 17.0. The van der Waals surface area contributed by atoms with E-state index in [0.717, 1.165) is 37.4 Å². The number of rotatable bonds is 13. The van der Waals surface area contributed by atoms with Crippen LogP contribution in [0.1, 0.15) is 30.7 Å². The van der Waals surface area contributed by atoms with Crippen LogP contribution in [0.4, 0.5) is 4.39 Å². The monoisotopic (exact) mass is 436 g/mol. The maximum Gasteiger partial charge on any atom is 0.233 e. The molecule has 1 aromatic carbocycles. The molecule has 0 bridgehead atoms. The summed E-state index contributed by atoms with van der Waals surface area (Å²) >= 11 is 3.18. The SMILES string of the molecule is CCN(CC)Cc1cc(OCC/C=C\NC(=O)CSCc2cccc(F)c2)cs1. The number of nitrogens with one attached hydrogen (secondary N) is 1. The highest BCUT2D eigenvalue weighted by Gasteiger charge is 2.05. The lowest BCUT2D eigenvalue weighted by molar-refractivity contribution is -0.117. The summed E-state index contributed by atoms with van der Waals surface area (Å²) in [6, 6.07) is 8.54. The molecule has 0 aliphatic heterocycles. The summed E-state index contributed by atoms with van der Waals surface area (Å²) in [5, 5.41) is 4.79. The van der Waals surface area contributed by atoms with E-state index in [1.54, 1.807) is 23.6 Å². The van der Waals surface area contributed by atoms with E-state index in [9.17, 15) is 9.18 Å². The van der Waals surface area contributed by atoms with Crippen LogP contribution in [0.5, 0.6) is 5.75 Å². The first kappa shape index (κ1) is 23.4. The van der Waals surface area contributed by atoms with Crippen molar-refractivity contribution >= 4 is 29.0 Å². The molecule has 2 rings (SSSR count). The van der Waals surface area contributed by atoms with Gasteiger partial charge in [-0.2, -0.15) is 0 Å². The fraction of sp³-hybridized carbons (Fsp3) is 0.409. The number of hydrogen-bond acceptors (Lipinski definition) is 5. The van der Waals surface area contributed by atoms with E-state index >= 15 is 0 Å². The van der Waals surface area contributed by atoms with Gasteiger partial charge in [0.2, 0.25) is 5.91 Å². The molecule has 0 aliphatic rings. The molecule has 0 unspecified atom stereocenters. The van der Waals surface area contributed by atoms with E-state index in [2.05, 4.69) is 30.1 Å². The van der Waals surface area contributed by atoms with Gasteiger partial charge in [-0.15, -0.1) is 23.1 Å². The van der Waals surface area contributed by atoms with Gasteiger partial charge in [0.1, 0.15) is 11.6 Å². The number of thiophene rings is 1. The van der Waals surface area contributed by atoms with Gasteiger partial charge >= 0.3 is 0 Å². The van der Waals surface area contributed by atoms with Crippen LogP contribution in [-0.4, -0.2) is 36.3 Å². The van der Waals surface area contributed by atoms with Crippen molar-refractivity contribution < 1.29 is 13.9 Å². The predicted molar refractivity (Wildman–Crippen MR) is 121 cm³/mol. The van der Waals surface area contributed by atoms with Gasteiger partial charge in [-0.1, -0.05) is 32.1 Å². The van der Waals surface area contributed by atoms with Crippen LogP contribution < -0.4 is 10.1 Å². The third kappa shape index (κ3) is 9.47. The van der Waals surface area contributed by atoms with Crippen LogP contribution >= 0.6 is 23.1 Å². The highest BCUT2D eigenvalue weighted by atomic mass is 32.2. The number of halogens is 1. The molecule has 1 N–H and O–H groups in total. The molecule has 1 amide bonds. The van der Waals surface area contributed by atoms with Gasteiger partial charge in [-0.25, -0.2) is 4.39 Å². The smallest absolute Gasteiger partial charge is 0.233 e. The second-order valence-electron chi connectivity index (χ2n) is 6.44. The Labute approximate surface area is 181 Å². The quantitative estimate of drug-likeness (QED) is 0.446. The van der Waals surface area contributed by atoms with Crippen molar-refractivity contribution in [3.63, 3.8) is 0 Å².